The number of benzene rings is 2. The third-order valence-electron chi connectivity index (χ3n) is 6.62. The van der Waals surface area contributed by atoms with Gasteiger partial charge in [0, 0.05) is 37.0 Å². The molecule has 3 N–H and O–H groups in total. The largest absolute Gasteiger partial charge is 0.550 e. The number of aliphatic hydroxyl groups is 2. The Bertz CT molecular complexity index is 1250. The van der Waals surface area contributed by atoms with Crippen LogP contribution < -0.4 is 10.4 Å². The molecule has 0 aliphatic heterocycles. The molecule has 0 bridgehead atoms. The number of carbonyl (C=O) groups is 2. The average Bonchev–Trinajstić information content (AvgIpc) is 3.62. The van der Waals surface area contributed by atoms with Gasteiger partial charge in [-0.3, -0.25) is 4.79 Å². The van der Waals surface area contributed by atoms with E-state index in [4.69, 9.17) is 4.98 Å². The van der Waals surface area contributed by atoms with Crippen LogP contribution in [0.15, 0.2) is 48.5 Å². The maximum atomic E-state index is 13.6. The molecule has 2 atom stereocenters. The van der Waals surface area contributed by atoms with Gasteiger partial charge in [0.15, 0.2) is 0 Å². The zero-order valence-electron chi connectivity index (χ0n) is 20.7. The summed E-state index contributed by atoms with van der Waals surface area (Å²) in [7, 11) is 0. The maximum Gasteiger partial charge on any atom is 0.272 e. The number of aliphatic hydroxyl groups excluding tert-OH is 2. The number of imidazole rings is 1. The second-order valence-electron chi connectivity index (χ2n) is 9.62. The number of carboxylic acids is 1. The zero-order chi connectivity index (χ0) is 26.5. The Balaban J connectivity index is 1.61. The molecule has 1 heterocycles. The molecule has 0 unspecified atom stereocenters. The molecule has 9 heteroatoms. The highest BCUT2D eigenvalue weighted by Crippen LogP contribution is 2.43. The number of aliphatic carboxylic acids is 1. The Hall–Kier alpha value is -3.56. The number of amides is 1. The van der Waals surface area contributed by atoms with Gasteiger partial charge in [-0.25, -0.2) is 9.37 Å². The summed E-state index contributed by atoms with van der Waals surface area (Å²) in [6, 6.07) is 13.6. The van der Waals surface area contributed by atoms with Crippen LogP contribution in [0, 0.1) is 12.7 Å². The average molecular weight is 509 g/mol. The quantitative estimate of drug-likeness (QED) is 0.345. The number of rotatable bonds is 12. The van der Waals surface area contributed by atoms with E-state index in [0.717, 1.165) is 29.7 Å². The van der Waals surface area contributed by atoms with E-state index in [-0.39, 0.29) is 31.2 Å². The maximum absolute atomic E-state index is 13.6. The Kier molecular flexibility index (Phi) is 8.35. The van der Waals surface area contributed by atoms with Crippen LogP contribution in [-0.2, 0) is 17.9 Å². The van der Waals surface area contributed by atoms with E-state index in [1.807, 2.05) is 35.8 Å². The Morgan fingerprint density at radius 1 is 1.14 bits per heavy atom. The summed E-state index contributed by atoms with van der Waals surface area (Å²) >= 11 is 0. The van der Waals surface area contributed by atoms with Crippen molar-refractivity contribution in [2.45, 2.75) is 70.2 Å². The molecular weight excluding hydrogens is 477 g/mol. The van der Waals surface area contributed by atoms with Crippen molar-refractivity contribution in [3.8, 4) is 11.4 Å². The van der Waals surface area contributed by atoms with E-state index >= 15 is 0 Å². The minimum absolute atomic E-state index is 0.114. The molecule has 1 aromatic heterocycles. The summed E-state index contributed by atoms with van der Waals surface area (Å²) in [5.74, 6) is -1.45. The van der Waals surface area contributed by atoms with Crippen molar-refractivity contribution in [3.63, 3.8) is 0 Å². The first kappa shape index (κ1) is 26.5. The summed E-state index contributed by atoms with van der Waals surface area (Å²) in [5, 5.41) is 34.0. The van der Waals surface area contributed by atoms with E-state index in [1.54, 1.807) is 12.1 Å². The second kappa shape index (κ2) is 11.7. The number of carboxylic acid groups (broad SMARTS) is 1. The van der Waals surface area contributed by atoms with E-state index in [1.165, 1.54) is 12.1 Å². The lowest BCUT2D eigenvalue weighted by Gasteiger charge is -2.18. The number of aryl methyl sites for hydroxylation is 1. The Labute approximate surface area is 214 Å². The van der Waals surface area contributed by atoms with Crippen LogP contribution in [0.4, 0.5) is 4.39 Å². The molecule has 37 heavy (non-hydrogen) atoms. The van der Waals surface area contributed by atoms with E-state index in [9.17, 15) is 29.3 Å². The molecule has 4 rings (SSSR count). The van der Waals surface area contributed by atoms with E-state index in [0.29, 0.717) is 23.6 Å². The number of hydrogen-bond donors (Lipinski definition) is 3. The number of nitrogens with zero attached hydrogens (tertiary/aromatic N) is 2. The van der Waals surface area contributed by atoms with Crippen molar-refractivity contribution in [2.24, 2.45) is 0 Å². The molecular formula is C28H31FN3O5-. The fourth-order valence-electron chi connectivity index (χ4n) is 4.50. The van der Waals surface area contributed by atoms with Crippen molar-refractivity contribution < 1.29 is 29.3 Å². The van der Waals surface area contributed by atoms with E-state index < -0.39 is 30.4 Å². The molecule has 3 aromatic rings. The monoisotopic (exact) mass is 508 g/mol. The summed E-state index contributed by atoms with van der Waals surface area (Å²) < 4.78 is 15.5. The SMILES string of the molecule is Cc1ccccc1CNC(=O)c1nc(-c2ccc(F)cc2)n(CC[C@@H](O)C[C@@H](O)CC(=O)[O-])c1C1CC1. The van der Waals surface area contributed by atoms with Gasteiger partial charge in [-0.05, 0) is 68.0 Å². The lowest BCUT2D eigenvalue weighted by molar-refractivity contribution is -0.307. The first-order valence-corrected chi connectivity index (χ1v) is 12.5. The summed E-state index contributed by atoms with van der Waals surface area (Å²) in [6.07, 6.45) is -0.843. The first-order valence-electron chi connectivity index (χ1n) is 12.5. The normalized spacial score (nSPS) is 14.8. The third kappa shape index (κ3) is 6.81. The molecule has 0 saturated heterocycles. The summed E-state index contributed by atoms with van der Waals surface area (Å²) in [5.41, 5.74) is 3.77. The molecule has 8 nitrogen and oxygen atoms in total. The van der Waals surface area contributed by atoms with Crippen LogP contribution in [0.25, 0.3) is 11.4 Å². The van der Waals surface area contributed by atoms with Gasteiger partial charge in [0.25, 0.3) is 5.91 Å². The summed E-state index contributed by atoms with van der Waals surface area (Å²) in [6.45, 7) is 2.62. The van der Waals surface area contributed by atoms with Crippen LogP contribution in [0.1, 0.15) is 65.3 Å². The number of nitrogens with one attached hydrogen (secondary N) is 1. The standard InChI is InChI=1S/C28H32FN3O5/c1-17-4-2-3-5-20(17)16-30-28(37)25-26(18-6-7-18)32(13-12-22(33)14-23(34)15-24(35)36)27(31-25)19-8-10-21(29)11-9-19/h2-5,8-11,18,22-23,33-34H,6-7,12-16H2,1H3,(H,30,37)(H,35,36)/p-1/t22-,23-/m1/s1. The molecule has 1 amide bonds. The van der Waals surface area contributed by atoms with Crippen molar-refractivity contribution in [2.75, 3.05) is 0 Å². The van der Waals surface area contributed by atoms with Crippen LogP contribution in [0.5, 0.6) is 0 Å². The fourth-order valence-corrected chi connectivity index (χ4v) is 4.50. The van der Waals surface area contributed by atoms with Gasteiger partial charge in [0.1, 0.15) is 17.3 Å². The predicted octanol–water partition coefficient (Wildman–Crippen LogP) is 2.45. The molecule has 196 valence electrons. The molecule has 1 saturated carbocycles. The van der Waals surface area contributed by atoms with Gasteiger partial charge in [0.2, 0.25) is 0 Å². The number of hydrogen-bond acceptors (Lipinski definition) is 6. The molecule has 1 fully saturated rings. The van der Waals surface area contributed by atoms with Crippen molar-refractivity contribution in [3.05, 3.63) is 76.9 Å². The minimum Gasteiger partial charge on any atom is -0.550 e. The van der Waals surface area contributed by atoms with Gasteiger partial charge < -0.3 is 30.0 Å². The van der Waals surface area contributed by atoms with Crippen LogP contribution >= 0.6 is 0 Å². The highest BCUT2D eigenvalue weighted by atomic mass is 19.1. The predicted molar refractivity (Wildman–Crippen MR) is 133 cm³/mol. The van der Waals surface area contributed by atoms with Crippen molar-refractivity contribution >= 4 is 11.9 Å². The first-order chi connectivity index (χ1) is 17.7. The third-order valence-corrected chi connectivity index (χ3v) is 6.62. The van der Waals surface area contributed by atoms with Crippen molar-refractivity contribution in [1.82, 2.24) is 14.9 Å². The number of aromatic nitrogens is 2. The van der Waals surface area contributed by atoms with Gasteiger partial charge in [-0.2, -0.15) is 0 Å². The van der Waals surface area contributed by atoms with Crippen LogP contribution in [-0.4, -0.2) is 43.8 Å². The zero-order valence-corrected chi connectivity index (χ0v) is 20.7. The Morgan fingerprint density at radius 3 is 2.49 bits per heavy atom. The molecule has 0 spiro atoms. The number of carbonyl (C=O) groups excluding carboxylic acids is 2. The van der Waals surface area contributed by atoms with Gasteiger partial charge in [0.05, 0.1) is 17.9 Å². The molecule has 2 aromatic carbocycles. The molecule has 1 aliphatic rings. The molecule has 1 aliphatic carbocycles. The van der Waals surface area contributed by atoms with E-state index in [2.05, 4.69) is 5.32 Å². The number of halogens is 1. The van der Waals surface area contributed by atoms with Gasteiger partial charge in [-0.1, -0.05) is 24.3 Å². The van der Waals surface area contributed by atoms with Crippen LogP contribution in [0.3, 0.4) is 0 Å². The van der Waals surface area contributed by atoms with Gasteiger partial charge in [-0.15, -0.1) is 0 Å². The van der Waals surface area contributed by atoms with Crippen LogP contribution in [0.2, 0.25) is 0 Å². The van der Waals surface area contributed by atoms with Crippen molar-refractivity contribution in [1.29, 1.82) is 0 Å². The fraction of sp³-hybridized carbons (Fsp3) is 0.393. The minimum atomic E-state index is -1.38. The topological polar surface area (TPSA) is 128 Å². The lowest BCUT2D eigenvalue weighted by Crippen LogP contribution is -2.29. The highest BCUT2D eigenvalue weighted by molar-refractivity contribution is 5.94. The van der Waals surface area contributed by atoms with Gasteiger partial charge >= 0.3 is 0 Å². The second-order valence-corrected chi connectivity index (χ2v) is 9.62. The summed E-state index contributed by atoms with van der Waals surface area (Å²) in [4.78, 5) is 28.7. The lowest BCUT2D eigenvalue weighted by atomic mass is 10.1. The highest BCUT2D eigenvalue weighted by Gasteiger charge is 2.35. The smallest absolute Gasteiger partial charge is 0.272 e. The Morgan fingerprint density at radius 2 is 1.84 bits per heavy atom. The molecule has 0 radical (unpaired) electrons.